The Balaban J connectivity index is 1.50. The van der Waals surface area contributed by atoms with Crippen molar-refractivity contribution in [1.82, 2.24) is 29.0 Å². The topological polar surface area (TPSA) is 68.3 Å². The Labute approximate surface area is 146 Å². The largest absolute Gasteiger partial charge is 0.340 e. The van der Waals surface area contributed by atoms with Crippen molar-refractivity contribution >= 4 is 11.6 Å². The summed E-state index contributed by atoms with van der Waals surface area (Å²) in [5, 5.41) is 8.62. The normalized spacial score (nSPS) is 18.0. The zero-order valence-corrected chi connectivity index (χ0v) is 14.4. The second-order valence-corrected chi connectivity index (χ2v) is 6.49. The van der Waals surface area contributed by atoms with E-state index >= 15 is 0 Å². The maximum absolute atomic E-state index is 12.7. The smallest absolute Gasteiger partial charge is 0.242 e. The van der Waals surface area contributed by atoms with Crippen LogP contribution in [0, 0.1) is 0 Å². The van der Waals surface area contributed by atoms with Gasteiger partial charge in [0.1, 0.15) is 18.2 Å². The van der Waals surface area contributed by atoms with E-state index in [2.05, 4.69) is 22.1 Å². The molecule has 1 saturated heterocycles. The lowest BCUT2D eigenvalue weighted by Crippen LogP contribution is -2.41. The van der Waals surface area contributed by atoms with Gasteiger partial charge < -0.3 is 9.47 Å². The van der Waals surface area contributed by atoms with Gasteiger partial charge in [-0.1, -0.05) is 13.0 Å². The van der Waals surface area contributed by atoms with E-state index in [1.807, 2.05) is 44.5 Å². The maximum atomic E-state index is 12.7. The molecule has 3 aromatic heterocycles. The van der Waals surface area contributed by atoms with Gasteiger partial charge in [-0.15, -0.1) is 10.2 Å². The summed E-state index contributed by atoms with van der Waals surface area (Å²) < 4.78 is 3.97. The monoisotopic (exact) mass is 338 g/mol. The molecule has 3 aromatic rings. The number of carbonyl (C=O) groups excluding carboxylic acids is 1. The van der Waals surface area contributed by atoms with Crippen LogP contribution in [0.1, 0.15) is 37.3 Å². The van der Waals surface area contributed by atoms with E-state index in [0.717, 1.165) is 43.1 Å². The third kappa shape index (κ3) is 3.01. The van der Waals surface area contributed by atoms with Gasteiger partial charge in [0.2, 0.25) is 5.91 Å². The standard InChI is InChI=1S/C18H22N6O/c1-2-15-19-8-11-22(15)13-17(25)23-9-5-6-14(12-23)18-21-20-16-7-3-4-10-24(16)18/h3-4,7-8,10-11,14H,2,5-6,9,12-13H2,1H3/t14-/m0/s1. The number of likely N-dealkylation sites (tertiary alicyclic amines) is 1. The first kappa shape index (κ1) is 15.8. The van der Waals surface area contributed by atoms with E-state index in [4.69, 9.17) is 0 Å². The third-order valence-corrected chi connectivity index (χ3v) is 4.90. The molecule has 4 rings (SSSR count). The summed E-state index contributed by atoms with van der Waals surface area (Å²) in [4.78, 5) is 19.0. The number of imidazole rings is 1. The van der Waals surface area contributed by atoms with Crippen LogP contribution in [0.4, 0.5) is 0 Å². The summed E-state index contributed by atoms with van der Waals surface area (Å²) in [6.45, 7) is 3.92. The number of hydrogen-bond acceptors (Lipinski definition) is 4. The van der Waals surface area contributed by atoms with Crippen LogP contribution in [0.5, 0.6) is 0 Å². The Morgan fingerprint density at radius 2 is 2.20 bits per heavy atom. The fourth-order valence-corrected chi connectivity index (χ4v) is 3.60. The molecule has 130 valence electrons. The molecule has 0 aliphatic carbocycles. The molecule has 0 spiro atoms. The van der Waals surface area contributed by atoms with E-state index in [1.54, 1.807) is 6.20 Å². The van der Waals surface area contributed by atoms with Crippen molar-refractivity contribution in [3.05, 3.63) is 48.4 Å². The van der Waals surface area contributed by atoms with Gasteiger partial charge in [-0.25, -0.2) is 4.98 Å². The Kier molecular flexibility index (Phi) is 4.21. The SMILES string of the molecule is CCc1nccn1CC(=O)N1CCC[C@H](c2nnc3ccccn23)C1. The summed E-state index contributed by atoms with van der Waals surface area (Å²) >= 11 is 0. The first-order valence-electron chi connectivity index (χ1n) is 8.83. The average Bonchev–Trinajstić information content (AvgIpc) is 3.28. The lowest BCUT2D eigenvalue weighted by atomic mass is 9.97. The number of nitrogens with zero attached hydrogens (tertiary/aromatic N) is 6. The van der Waals surface area contributed by atoms with Crippen molar-refractivity contribution in [2.24, 2.45) is 0 Å². The molecule has 0 aromatic carbocycles. The van der Waals surface area contributed by atoms with Gasteiger partial charge in [-0.05, 0) is 25.0 Å². The molecule has 1 aliphatic rings. The molecule has 0 saturated carbocycles. The average molecular weight is 338 g/mol. The van der Waals surface area contributed by atoms with Crippen LogP contribution >= 0.6 is 0 Å². The quantitative estimate of drug-likeness (QED) is 0.728. The number of aryl methyl sites for hydroxylation is 1. The van der Waals surface area contributed by atoms with Gasteiger partial charge in [-0.2, -0.15) is 0 Å². The molecule has 25 heavy (non-hydrogen) atoms. The van der Waals surface area contributed by atoms with Crippen LogP contribution < -0.4 is 0 Å². The first-order valence-corrected chi connectivity index (χ1v) is 8.83. The Hall–Kier alpha value is -2.70. The molecular formula is C18H22N6O. The van der Waals surface area contributed by atoms with Crippen molar-refractivity contribution < 1.29 is 4.79 Å². The van der Waals surface area contributed by atoms with E-state index in [1.165, 1.54) is 0 Å². The summed E-state index contributed by atoms with van der Waals surface area (Å²) in [5.74, 6) is 2.27. The third-order valence-electron chi connectivity index (χ3n) is 4.90. The molecular weight excluding hydrogens is 316 g/mol. The molecule has 1 aliphatic heterocycles. The van der Waals surface area contributed by atoms with Crippen molar-refractivity contribution in [2.45, 2.75) is 38.6 Å². The Morgan fingerprint density at radius 1 is 1.28 bits per heavy atom. The number of rotatable bonds is 4. The van der Waals surface area contributed by atoms with Gasteiger partial charge in [0.25, 0.3) is 0 Å². The minimum absolute atomic E-state index is 0.145. The van der Waals surface area contributed by atoms with Crippen LogP contribution in [-0.2, 0) is 17.8 Å². The second kappa shape index (κ2) is 6.66. The van der Waals surface area contributed by atoms with Crippen LogP contribution in [0.15, 0.2) is 36.8 Å². The molecule has 0 radical (unpaired) electrons. The molecule has 1 fully saturated rings. The molecule has 0 N–H and O–H groups in total. The Bertz CT molecular complexity index is 882. The van der Waals surface area contributed by atoms with Crippen molar-refractivity contribution in [3.8, 4) is 0 Å². The van der Waals surface area contributed by atoms with Crippen LogP contribution in [0.3, 0.4) is 0 Å². The number of fused-ring (bicyclic) bond motifs is 1. The van der Waals surface area contributed by atoms with Gasteiger partial charge in [0.15, 0.2) is 5.65 Å². The minimum Gasteiger partial charge on any atom is -0.340 e. The zero-order chi connectivity index (χ0) is 17.2. The number of piperidine rings is 1. The summed E-state index contributed by atoms with van der Waals surface area (Å²) in [7, 11) is 0. The lowest BCUT2D eigenvalue weighted by molar-refractivity contribution is -0.133. The molecule has 7 nitrogen and oxygen atoms in total. The first-order chi connectivity index (χ1) is 12.3. The summed E-state index contributed by atoms with van der Waals surface area (Å²) in [6, 6.07) is 5.89. The highest BCUT2D eigenvalue weighted by Gasteiger charge is 2.28. The number of aromatic nitrogens is 5. The molecule has 1 amide bonds. The minimum atomic E-state index is 0.145. The van der Waals surface area contributed by atoms with Gasteiger partial charge in [0.05, 0.1) is 0 Å². The fraction of sp³-hybridized carbons (Fsp3) is 0.444. The van der Waals surface area contributed by atoms with Gasteiger partial charge in [-0.3, -0.25) is 9.20 Å². The maximum Gasteiger partial charge on any atom is 0.242 e. The summed E-state index contributed by atoms with van der Waals surface area (Å²) in [5.41, 5.74) is 0.854. The van der Waals surface area contributed by atoms with Crippen molar-refractivity contribution in [3.63, 3.8) is 0 Å². The van der Waals surface area contributed by atoms with Crippen molar-refractivity contribution in [2.75, 3.05) is 13.1 Å². The highest BCUT2D eigenvalue weighted by molar-refractivity contribution is 5.76. The molecule has 4 heterocycles. The number of amides is 1. The number of hydrogen-bond donors (Lipinski definition) is 0. The molecule has 0 unspecified atom stereocenters. The number of pyridine rings is 1. The predicted octanol–water partition coefficient (Wildman–Crippen LogP) is 1.89. The van der Waals surface area contributed by atoms with Crippen LogP contribution in [-0.4, -0.2) is 48.0 Å². The fourth-order valence-electron chi connectivity index (χ4n) is 3.60. The van der Waals surface area contributed by atoms with E-state index < -0.39 is 0 Å². The Morgan fingerprint density at radius 3 is 3.08 bits per heavy atom. The van der Waals surface area contributed by atoms with Crippen molar-refractivity contribution in [1.29, 1.82) is 0 Å². The van der Waals surface area contributed by atoms with Crippen LogP contribution in [0.25, 0.3) is 5.65 Å². The highest BCUT2D eigenvalue weighted by atomic mass is 16.2. The second-order valence-electron chi connectivity index (χ2n) is 6.49. The van der Waals surface area contributed by atoms with E-state index in [-0.39, 0.29) is 11.8 Å². The van der Waals surface area contributed by atoms with E-state index in [9.17, 15) is 4.79 Å². The van der Waals surface area contributed by atoms with Gasteiger partial charge >= 0.3 is 0 Å². The van der Waals surface area contributed by atoms with Gasteiger partial charge in [0, 0.05) is 44.0 Å². The predicted molar refractivity (Wildman–Crippen MR) is 93.1 cm³/mol. The van der Waals surface area contributed by atoms with Crippen LogP contribution in [0.2, 0.25) is 0 Å². The van der Waals surface area contributed by atoms with E-state index in [0.29, 0.717) is 13.1 Å². The molecule has 7 heteroatoms. The lowest BCUT2D eigenvalue weighted by Gasteiger charge is -2.32. The summed E-state index contributed by atoms with van der Waals surface area (Å²) in [6.07, 6.45) is 8.48. The number of carbonyl (C=O) groups is 1. The highest BCUT2D eigenvalue weighted by Crippen LogP contribution is 2.26. The molecule has 1 atom stereocenters. The zero-order valence-electron chi connectivity index (χ0n) is 14.4. The molecule has 0 bridgehead atoms.